The zero-order valence-corrected chi connectivity index (χ0v) is 17.3. The molecule has 4 rings (SSSR count). The summed E-state index contributed by atoms with van der Waals surface area (Å²) in [5, 5.41) is 2.01. The Bertz CT molecular complexity index is 1060. The predicted octanol–water partition coefficient (Wildman–Crippen LogP) is 4.39. The van der Waals surface area contributed by atoms with Crippen LogP contribution < -0.4 is 0 Å². The van der Waals surface area contributed by atoms with Crippen LogP contribution in [0.1, 0.15) is 22.3 Å². The van der Waals surface area contributed by atoms with Crippen molar-refractivity contribution in [2.75, 3.05) is 26.2 Å². The van der Waals surface area contributed by atoms with E-state index in [0.717, 1.165) is 16.5 Å². The predicted molar refractivity (Wildman–Crippen MR) is 116 cm³/mol. The Labute approximate surface area is 179 Å². The minimum Gasteiger partial charge on any atom is -0.361 e. The van der Waals surface area contributed by atoms with Crippen LogP contribution in [0, 0.1) is 0 Å². The largest absolute Gasteiger partial charge is 0.361 e. The molecule has 1 N–H and O–H groups in total. The number of benzene rings is 2. The van der Waals surface area contributed by atoms with E-state index in [1.54, 1.807) is 23.1 Å². The lowest BCUT2D eigenvalue weighted by molar-refractivity contribution is -0.132. The molecule has 1 aliphatic rings. The number of aromatic amines is 1. The summed E-state index contributed by atoms with van der Waals surface area (Å²) in [6.07, 6.45) is 3.13. The maximum absolute atomic E-state index is 12.7. The van der Waals surface area contributed by atoms with E-state index in [-0.39, 0.29) is 11.8 Å². The first-order chi connectivity index (χ1) is 14.0. The van der Waals surface area contributed by atoms with E-state index in [1.807, 2.05) is 29.3 Å². The third-order valence-electron chi connectivity index (χ3n) is 5.36. The minimum atomic E-state index is -0.127. The van der Waals surface area contributed by atoms with Gasteiger partial charge >= 0.3 is 0 Å². The standard InChI is InChI=1S/C22H21Cl2N3O2/c23-16-6-7-18(19(24)13-16)22(29)27-11-9-26(10-12-27)21(28)8-5-15-14-25-20-4-2-1-3-17(15)20/h1-4,6-7,13-14,25H,5,8-12H2. The number of piperazine rings is 1. The van der Waals surface area contributed by atoms with Crippen molar-refractivity contribution < 1.29 is 9.59 Å². The molecule has 2 aromatic carbocycles. The first-order valence-corrected chi connectivity index (χ1v) is 10.4. The molecule has 29 heavy (non-hydrogen) atoms. The Balaban J connectivity index is 1.32. The third-order valence-corrected chi connectivity index (χ3v) is 5.91. The summed E-state index contributed by atoms with van der Waals surface area (Å²) >= 11 is 12.1. The maximum atomic E-state index is 12.7. The molecule has 1 fully saturated rings. The summed E-state index contributed by atoms with van der Waals surface area (Å²) in [6.45, 7) is 2.06. The van der Waals surface area contributed by atoms with Gasteiger partial charge in [-0.15, -0.1) is 0 Å². The van der Waals surface area contributed by atoms with Crippen molar-refractivity contribution in [1.29, 1.82) is 0 Å². The van der Waals surface area contributed by atoms with Crippen LogP contribution in [0.2, 0.25) is 10.0 Å². The van der Waals surface area contributed by atoms with Crippen molar-refractivity contribution >= 4 is 45.9 Å². The second kappa shape index (κ2) is 8.47. The van der Waals surface area contributed by atoms with E-state index in [0.29, 0.717) is 54.6 Å². The average Bonchev–Trinajstić information content (AvgIpc) is 3.15. The van der Waals surface area contributed by atoms with Crippen LogP contribution in [0.15, 0.2) is 48.7 Å². The van der Waals surface area contributed by atoms with Gasteiger partial charge in [0.1, 0.15) is 0 Å². The molecule has 5 nitrogen and oxygen atoms in total. The minimum absolute atomic E-state index is 0.118. The van der Waals surface area contributed by atoms with E-state index < -0.39 is 0 Å². The van der Waals surface area contributed by atoms with Gasteiger partial charge in [0.15, 0.2) is 0 Å². The number of aryl methyl sites for hydroxylation is 1. The zero-order valence-electron chi connectivity index (χ0n) is 15.8. The number of aromatic nitrogens is 1. The smallest absolute Gasteiger partial charge is 0.255 e. The first-order valence-electron chi connectivity index (χ1n) is 9.60. The summed E-state index contributed by atoms with van der Waals surface area (Å²) < 4.78 is 0. The summed E-state index contributed by atoms with van der Waals surface area (Å²) in [5.74, 6) is -0.00976. The Morgan fingerprint density at radius 1 is 0.966 bits per heavy atom. The Kier molecular flexibility index (Phi) is 5.79. The molecule has 2 amide bonds. The molecule has 7 heteroatoms. The van der Waals surface area contributed by atoms with Crippen LogP contribution >= 0.6 is 23.2 Å². The van der Waals surface area contributed by atoms with Crippen LogP contribution in [-0.4, -0.2) is 52.8 Å². The highest BCUT2D eigenvalue weighted by Crippen LogP contribution is 2.23. The van der Waals surface area contributed by atoms with E-state index in [2.05, 4.69) is 11.1 Å². The topological polar surface area (TPSA) is 56.4 Å². The summed E-state index contributed by atoms with van der Waals surface area (Å²) in [5.41, 5.74) is 2.68. The van der Waals surface area contributed by atoms with Crippen LogP contribution in [0.25, 0.3) is 10.9 Å². The molecule has 0 atom stereocenters. The SMILES string of the molecule is O=C(CCc1c[nH]c2ccccc12)N1CCN(C(=O)c2ccc(Cl)cc2Cl)CC1. The number of amides is 2. The number of para-hydroxylation sites is 1. The van der Waals surface area contributed by atoms with Crippen molar-refractivity contribution in [3.05, 3.63) is 69.8 Å². The second-order valence-corrected chi connectivity index (χ2v) is 8.00. The molecule has 150 valence electrons. The number of carbonyl (C=O) groups excluding carboxylic acids is 2. The van der Waals surface area contributed by atoms with Gasteiger partial charge in [-0.05, 0) is 36.2 Å². The molecule has 1 aromatic heterocycles. The average molecular weight is 430 g/mol. The van der Waals surface area contributed by atoms with Crippen LogP contribution in [-0.2, 0) is 11.2 Å². The van der Waals surface area contributed by atoms with Gasteiger partial charge in [-0.25, -0.2) is 0 Å². The quantitative estimate of drug-likeness (QED) is 0.668. The number of nitrogens with zero attached hydrogens (tertiary/aromatic N) is 2. The normalized spacial score (nSPS) is 14.4. The number of rotatable bonds is 4. The number of hydrogen-bond acceptors (Lipinski definition) is 2. The molecule has 1 saturated heterocycles. The fraction of sp³-hybridized carbons (Fsp3) is 0.273. The number of carbonyl (C=O) groups is 2. The fourth-order valence-electron chi connectivity index (χ4n) is 3.73. The van der Waals surface area contributed by atoms with Crippen molar-refractivity contribution in [3.8, 4) is 0 Å². The van der Waals surface area contributed by atoms with Gasteiger partial charge < -0.3 is 14.8 Å². The molecule has 1 aliphatic heterocycles. The van der Waals surface area contributed by atoms with E-state index in [9.17, 15) is 9.59 Å². The van der Waals surface area contributed by atoms with Gasteiger partial charge in [0.25, 0.3) is 5.91 Å². The fourth-order valence-corrected chi connectivity index (χ4v) is 4.22. The lowest BCUT2D eigenvalue weighted by atomic mass is 10.1. The van der Waals surface area contributed by atoms with Gasteiger partial charge in [0.2, 0.25) is 5.91 Å². The zero-order chi connectivity index (χ0) is 20.4. The van der Waals surface area contributed by atoms with Gasteiger partial charge in [-0.3, -0.25) is 9.59 Å². The number of H-pyrrole nitrogens is 1. The maximum Gasteiger partial charge on any atom is 0.255 e. The second-order valence-electron chi connectivity index (χ2n) is 7.16. The van der Waals surface area contributed by atoms with Gasteiger partial charge in [-0.2, -0.15) is 0 Å². The number of fused-ring (bicyclic) bond motifs is 1. The molecule has 0 unspecified atom stereocenters. The highest BCUT2D eigenvalue weighted by atomic mass is 35.5. The summed E-state index contributed by atoms with van der Waals surface area (Å²) in [4.78, 5) is 32.2. The molecule has 2 heterocycles. The van der Waals surface area contributed by atoms with Crippen molar-refractivity contribution in [1.82, 2.24) is 14.8 Å². The van der Waals surface area contributed by atoms with Crippen molar-refractivity contribution in [2.24, 2.45) is 0 Å². The Morgan fingerprint density at radius 2 is 1.69 bits per heavy atom. The molecule has 0 saturated carbocycles. The van der Waals surface area contributed by atoms with Crippen LogP contribution in [0.5, 0.6) is 0 Å². The molecular weight excluding hydrogens is 409 g/mol. The van der Waals surface area contributed by atoms with Gasteiger partial charge in [-0.1, -0.05) is 41.4 Å². The Hall–Kier alpha value is -2.50. The summed E-state index contributed by atoms with van der Waals surface area (Å²) in [6, 6.07) is 13.0. The molecular formula is C22H21Cl2N3O2. The van der Waals surface area contributed by atoms with E-state index >= 15 is 0 Å². The van der Waals surface area contributed by atoms with Gasteiger partial charge in [0.05, 0.1) is 10.6 Å². The first kappa shape index (κ1) is 19.8. The molecule has 0 spiro atoms. The monoisotopic (exact) mass is 429 g/mol. The Morgan fingerprint density at radius 3 is 2.45 bits per heavy atom. The van der Waals surface area contributed by atoms with Gasteiger partial charge in [0, 0.05) is 54.7 Å². The third kappa shape index (κ3) is 4.26. The van der Waals surface area contributed by atoms with Crippen LogP contribution in [0.3, 0.4) is 0 Å². The van der Waals surface area contributed by atoms with Crippen molar-refractivity contribution in [3.63, 3.8) is 0 Å². The number of halogens is 2. The number of nitrogens with one attached hydrogen (secondary N) is 1. The summed E-state index contributed by atoms with van der Waals surface area (Å²) in [7, 11) is 0. The number of hydrogen-bond donors (Lipinski definition) is 1. The molecule has 3 aromatic rings. The highest BCUT2D eigenvalue weighted by molar-refractivity contribution is 6.36. The molecule has 0 radical (unpaired) electrons. The van der Waals surface area contributed by atoms with Crippen molar-refractivity contribution in [2.45, 2.75) is 12.8 Å². The van der Waals surface area contributed by atoms with E-state index in [1.165, 1.54) is 0 Å². The molecule has 0 bridgehead atoms. The molecule has 0 aliphatic carbocycles. The van der Waals surface area contributed by atoms with Crippen LogP contribution in [0.4, 0.5) is 0 Å². The lowest BCUT2D eigenvalue weighted by Gasteiger charge is -2.35. The van der Waals surface area contributed by atoms with E-state index in [4.69, 9.17) is 23.2 Å². The lowest BCUT2D eigenvalue weighted by Crippen LogP contribution is -2.50. The highest BCUT2D eigenvalue weighted by Gasteiger charge is 2.26.